The second kappa shape index (κ2) is 5.40. The number of carbonyl (C=O) groups excluding carboxylic acids is 1. The Balaban J connectivity index is 2.22. The van der Waals surface area contributed by atoms with Crippen molar-refractivity contribution in [1.29, 1.82) is 0 Å². The Morgan fingerprint density at radius 3 is 2.35 bits per heavy atom. The number of nitrogens with one attached hydrogen (secondary N) is 1. The molecule has 0 saturated carbocycles. The van der Waals surface area contributed by atoms with Gasteiger partial charge in [0.2, 0.25) is 0 Å². The minimum Gasteiger partial charge on any atom is -0.322 e. The van der Waals surface area contributed by atoms with E-state index in [1.807, 2.05) is 0 Å². The average molecular weight is 295 g/mol. The fourth-order valence-corrected chi connectivity index (χ4v) is 2.07. The molecule has 0 radical (unpaired) electrons. The number of rotatable bonds is 3. The highest BCUT2D eigenvalue weighted by molar-refractivity contribution is 7.85. The SMILES string of the molecule is O=C(Nc1cccc(S(=O)(=O)O)c1)c1ccc(F)cc1. The molecule has 2 N–H and O–H groups in total. The highest BCUT2D eigenvalue weighted by atomic mass is 32.2. The summed E-state index contributed by atoms with van der Waals surface area (Å²) in [6.07, 6.45) is 0. The second-order valence-electron chi connectivity index (χ2n) is 3.96. The quantitative estimate of drug-likeness (QED) is 0.851. The Morgan fingerprint density at radius 2 is 1.75 bits per heavy atom. The van der Waals surface area contributed by atoms with Crippen LogP contribution < -0.4 is 5.32 Å². The highest BCUT2D eigenvalue weighted by Crippen LogP contribution is 2.16. The monoisotopic (exact) mass is 295 g/mol. The first-order valence-electron chi connectivity index (χ1n) is 5.51. The standard InChI is InChI=1S/C13H10FNO4S/c14-10-6-4-9(5-7-10)13(16)15-11-2-1-3-12(8-11)20(17,18)19/h1-8H,(H,15,16)(H,17,18,19). The third-order valence-electron chi connectivity index (χ3n) is 2.50. The lowest BCUT2D eigenvalue weighted by Gasteiger charge is -2.06. The van der Waals surface area contributed by atoms with Gasteiger partial charge in [-0.2, -0.15) is 8.42 Å². The molecule has 0 aromatic heterocycles. The van der Waals surface area contributed by atoms with Gasteiger partial charge in [0.05, 0.1) is 4.90 Å². The molecule has 20 heavy (non-hydrogen) atoms. The molecule has 0 aliphatic carbocycles. The maximum absolute atomic E-state index is 12.7. The molecular weight excluding hydrogens is 285 g/mol. The number of benzene rings is 2. The molecule has 0 heterocycles. The summed E-state index contributed by atoms with van der Waals surface area (Å²) in [4.78, 5) is 11.5. The van der Waals surface area contributed by atoms with Crippen molar-refractivity contribution < 1.29 is 22.2 Å². The van der Waals surface area contributed by atoms with Crippen LogP contribution in [0.15, 0.2) is 53.4 Å². The van der Waals surface area contributed by atoms with E-state index in [1.54, 1.807) is 0 Å². The molecule has 104 valence electrons. The van der Waals surface area contributed by atoms with E-state index in [-0.39, 0.29) is 16.1 Å². The summed E-state index contributed by atoms with van der Waals surface area (Å²) in [6, 6.07) is 10.1. The van der Waals surface area contributed by atoms with Crippen molar-refractivity contribution in [2.45, 2.75) is 4.90 Å². The Labute approximate surface area is 114 Å². The van der Waals surface area contributed by atoms with Gasteiger partial charge in [0.15, 0.2) is 0 Å². The van der Waals surface area contributed by atoms with Gasteiger partial charge in [0.1, 0.15) is 5.82 Å². The van der Waals surface area contributed by atoms with Crippen molar-refractivity contribution in [1.82, 2.24) is 0 Å². The van der Waals surface area contributed by atoms with Crippen LogP contribution in [0, 0.1) is 5.82 Å². The van der Waals surface area contributed by atoms with Gasteiger partial charge in [-0.15, -0.1) is 0 Å². The molecule has 7 heteroatoms. The topological polar surface area (TPSA) is 83.5 Å². The summed E-state index contributed by atoms with van der Waals surface area (Å²) < 4.78 is 43.6. The Bertz CT molecular complexity index is 741. The number of halogens is 1. The van der Waals surface area contributed by atoms with E-state index in [0.29, 0.717) is 0 Å². The Kier molecular flexibility index (Phi) is 3.82. The van der Waals surface area contributed by atoms with Gasteiger partial charge in [0, 0.05) is 11.3 Å². The molecule has 0 aliphatic rings. The molecule has 0 saturated heterocycles. The van der Waals surface area contributed by atoms with Gasteiger partial charge in [-0.25, -0.2) is 4.39 Å². The highest BCUT2D eigenvalue weighted by Gasteiger charge is 2.11. The zero-order chi connectivity index (χ0) is 14.8. The van der Waals surface area contributed by atoms with Crippen LogP contribution in [0.5, 0.6) is 0 Å². The zero-order valence-electron chi connectivity index (χ0n) is 10.1. The lowest BCUT2D eigenvalue weighted by Crippen LogP contribution is -2.12. The molecule has 0 unspecified atom stereocenters. The zero-order valence-corrected chi connectivity index (χ0v) is 10.9. The fraction of sp³-hybridized carbons (Fsp3) is 0. The van der Waals surface area contributed by atoms with Gasteiger partial charge in [-0.3, -0.25) is 9.35 Å². The summed E-state index contributed by atoms with van der Waals surface area (Å²) in [6.45, 7) is 0. The first-order valence-corrected chi connectivity index (χ1v) is 6.95. The van der Waals surface area contributed by atoms with Gasteiger partial charge < -0.3 is 5.32 Å². The van der Waals surface area contributed by atoms with Gasteiger partial charge in [0.25, 0.3) is 16.0 Å². The van der Waals surface area contributed by atoms with Gasteiger partial charge in [-0.05, 0) is 42.5 Å². The first kappa shape index (κ1) is 14.2. The molecule has 5 nitrogen and oxygen atoms in total. The number of amides is 1. The molecule has 1 amide bonds. The maximum Gasteiger partial charge on any atom is 0.294 e. The third kappa shape index (κ3) is 3.40. The molecule has 0 aliphatic heterocycles. The summed E-state index contributed by atoms with van der Waals surface area (Å²) >= 11 is 0. The molecule has 0 atom stereocenters. The van der Waals surface area contributed by atoms with Gasteiger partial charge in [-0.1, -0.05) is 6.07 Å². The van der Waals surface area contributed by atoms with Crippen molar-refractivity contribution in [3.05, 3.63) is 59.9 Å². The van der Waals surface area contributed by atoms with Crippen LogP contribution in [0.3, 0.4) is 0 Å². The number of anilines is 1. The molecule has 0 fully saturated rings. The molecule has 0 bridgehead atoms. The van der Waals surface area contributed by atoms with Crippen LogP contribution in [0.1, 0.15) is 10.4 Å². The molecule has 2 aromatic rings. The van der Waals surface area contributed by atoms with Crippen molar-refractivity contribution in [2.24, 2.45) is 0 Å². The normalized spacial score (nSPS) is 11.1. The van der Waals surface area contributed by atoms with Crippen LogP contribution in [-0.4, -0.2) is 18.9 Å². The third-order valence-corrected chi connectivity index (χ3v) is 3.35. The predicted octanol–water partition coefficient (Wildman–Crippen LogP) is 2.32. The van der Waals surface area contributed by atoms with E-state index in [1.165, 1.54) is 30.3 Å². The van der Waals surface area contributed by atoms with Crippen molar-refractivity contribution in [2.75, 3.05) is 5.32 Å². The van der Waals surface area contributed by atoms with Crippen LogP contribution in [0.2, 0.25) is 0 Å². The summed E-state index contributed by atoms with van der Waals surface area (Å²) in [7, 11) is -4.33. The lowest BCUT2D eigenvalue weighted by molar-refractivity contribution is 0.102. The van der Waals surface area contributed by atoms with Crippen LogP contribution in [0.4, 0.5) is 10.1 Å². The molecule has 2 aromatic carbocycles. The largest absolute Gasteiger partial charge is 0.322 e. The smallest absolute Gasteiger partial charge is 0.294 e. The minimum atomic E-state index is -4.33. The van der Waals surface area contributed by atoms with E-state index in [0.717, 1.165) is 18.2 Å². The average Bonchev–Trinajstić information content (AvgIpc) is 2.38. The van der Waals surface area contributed by atoms with E-state index >= 15 is 0 Å². The first-order chi connectivity index (χ1) is 9.36. The Hall–Kier alpha value is -2.25. The van der Waals surface area contributed by atoms with Crippen molar-refractivity contribution >= 4 is 21.7 Å². The summed E-state index contributed by atoms with van der Waals surface area (Å²) in [5.41, 5.74) is 0.429. The van der Waals surface area contributed by atoms with E-state index in [9.17, 15) is 17.6 Å². The predicted molar refractivity (Wildman–Crippen MR) is 70.6 cm³/mol. The number of carbonyl (C=O) groups is 1. The molecular formula is C13H10FNO4S. The lowest BCUT2D eigenvalue weighted by atomic mass is 10.2. The van der Waals surface area contributed by atoms with Crippen molar-refractivity contribution in [3.8, 4) is 0 Å². The number of hydrogen-bond donors (Lipinski definition) is 2. The van der Waals surface area contributed by atoms with Crippen LogP contribution in [-0.2, 0) is 10.1 Å². The van der Waals surface area contributed by atoms with E-state index in [2.05, 4.69) is 5.32 Å². The van der Waals surface area contributed by atoms with Gasteiger partial charge >= 0.3 is 0 Å². The minimum absolute atomic E-state index is 0.203. The van der Waals surface area contributed by atoms with E-state index in [4.69, 9.17) is 4.55 Å². The van der Waals surface area contributed by atoms with Crippen LogP contribution in [0.25, 0.3) is 0 Å². The summed E-state index contributed by atoms with van der Waals surface area (Å²) in [5.74, 6) is -0.979. The fourth-order valence-electron chi connectivity index (χ4n) is 1.54. The molecule has 0 spiro atoms. The maximum atomic E-state index is 12.7. The molecule has 2 rings (SSSR count). The second-order valence-corrected chi connectivity index (χ2v) is 5.39. The summed E-state index contributed by atoms with van der Waals surface area (Å²) in [5, 5.41) is 2.45. The Morgan fingerprint density at radius 1 is 1.10 bits per heavy atom. The van der Waals surface area contributed by atoms with E-state index < -0.39 is 21.8 Å². The van der Waals surface area contributed by atoms with Crippen molar-refractivity contribution in [3.63, 3.8) is 0 Å². The van der Waals surface area contributed by atoms with Crippen LogP contribution >= 0.6 is 0 Å². The number of hydrogen-bond acceptors (Lipinski definition) is 3.